The number of anilines is 1. The summed E-state index contributed by atoms with van der Waals surface area (Å²) < 4.78 is 31.6. The second kappa shape index (κ2) is 12.5. The van der Waals surface area contributed by atoms with Crippen LogP contribution in [0.15, 0.2) is 42.5 Å². The summed E-state index contributed by atoms with van der Waals surface area (Å²) in [5.41, 5.74) is 0.858. The van der Waals surface area contributed by atoms with Gasteiger partial charge in [0.2, 0.25) is 21.8 Å². The van der Waals surface area contributed by atoms with Crippen LogP contribution in [0.3, 0.4) is 0 Å². The van der Waals surface area contributed by atoms with Crippen molar-refractivity contribution in [2.45, 2.75) is 33.4 Å². The van der Waals surface area contributed by atoms with Gasteiger partial charge in [-0.25, -0.2) is 8.42 Å². The van der Waals surface area contributed by atoms with Gasteiger partial charge in [0.15, 0.2) is 0 Å². The third kappa shape index (κ3) is 8.02. The van der Waals surface area contributed by atoms with Crippen LogP contribution >= 0.6 is 23.2 Å². The summed E-state index contributed by atoms with van der Waals surface area (Å²) in [6.07, 6.45) is 1.01. The van der Waals surface area contributed by atoms with Gasteiger partial charge in [-0.2, -0.15) is 0 Å². The number of hydrogen-bond acceptors (Lipinski definition) is 5. The van der Waals surface area contributed by atoms with E-state index in [1.54, 1.807) is 49.4 Å². The van der Waals surface area contributed by atoms with Crippen LogP contribution in [0.2, 0.25) is 10.0 Å². The number of halogens is 2. The zero-order valence-electron chi connectivity index (χ0n) is 20.4. The number of nitrogens with zero attached hydrogens (tertiary/aromatic N) is 2. The molecule has 0 fully saturated rings. The van der Waals surface area contributed by atoms with Gasteiger partial charge in [0.25, 0.3) is 0 Å². The van der Waals surface area contributed by atoms with Crippen LogP contribution in [-0.4, -0.2) is 57.6 Å². The van der Waals surface area contributed by atoms with Crippen molar-refractivity contribution in [1.82, 2.24) is 10.2 Å². The molecule has 2 amide bonds. The third-order valence-electron chi connectivity index (χ3n) is 5.22. The quantitative estimate of drug-likeness (QED) is 0.462. The van der Waals surface area contributed by atoms with Crippen molar-refractivity contribution in [3.05, 3.63) is 58.1 Å². The normalized spacial score (nSPS) is 12.2. The Kier molecular flexibility index (Phi) is 10.2. The number of amides is 2. The van der Waals surface area contributed by atoms with Gasteiger partial charge in [-0.1, -0.05) is 55.2 Å². The number of rotatable bonds is 11. The van der Waals surface area contributed by atoms with Gasteiger partial charge in [0.1, 0.15) is 18.3 Å². The van der Waals surface area contributed by atoms with Gasteiger partial charge in [-0.3, -0.25) is 13.9 Å². The van der Waals surface area contributed by atoms with E-state index in [-0.39, 0.29) is 24.1 Å². The molecule has 0 bridgehead atoms. The van der Waals surface area contributed by atoms with Crippen LogP contribution in [0, 0.1) is 5.92 Å². The first-order chi connectivity index (χ1) is 16.3. The molecule has 1 N–H and O–H groups in total. The molecule has 0 saturated carbocycles. The number of methoxy groups -OCH3 is 1. The number of nitrogens with one attached hydrogen (secondary N) is 1. The van der Waals surface area contributed by atoms with E-state index >= 15 is 0 Å². The van der Waals surface area contributed by atoms with Crippen LogP contribution < -0.4 is 14.4 Å². The molecule has 2 rings (SSSR count). The van der Waals surface area contributed by atoms with Crippen molar-refractivity contribution in [2.24, 2.45) is 5.92 Å². The predicted octanol–water partition coefficient (Wildman–Crippen LogP) is 3.96. The first-order valence-corrected chi connectivity index (χ1v) is 13.6. The summed E-state index contributed by atoms with van der Waals surface area (Å²) in [7, 11) is -2.45. The Bertz CT molecular complexity index is 1160. The molecule has 0 radical (unpaired) electrons. The number of para-hydroxylation sites is 2. The fourth-order valence-electron chi connectivity index (χ4n) is 3.30. The number of hydrogen-bond donors (Lipinski definition) is 1. The van der Waals surface area contributed by atoms with Gasteiger partial charge in [-0.05, 0) is 42.7 Å². The molecule has 11 heteroatoms. The van der Waals surface area contributed by atoms with Gasteiger partial charge in [-0.15, -0.1) is 0 Å². The second-order valence-electron chi connectivity index (χ2n) is 8.53. The van der Waals surface area contributed by atoms with E-state index in [9.17, 15) is 18.0 Å². The molecule has 192 valence electrons. The highest BCUT2D eigenvalue weighted by atomic mass is 35.5. The van der Waals surface area contributed by atoms with Crippen LogP contribution in [0.1, 0.15) is 26.3 Å². The Labute approximate surface area is 217 Å². The largest absolute Gasteiger partial charge is 0.495 e. The van der Waals surface area contributed by atoms with E-state index < -0.39 is 28.5 Å². The summed E-state index contributed by atoms with van der Waals surface area (Å²) in [6, 6.07) is 10.5. The predicted molar refractivity (Wildman–Crippen MR) is 140 cm³/mol. The van der Waals surface area contributed by atoms with Crippen molar-refractivity contribution in [3.63, 3.8) is 0 Å². The standard InChI is InChI=1S/C24H31Cl2N3O5S/c1-16(2)13-27-24(31)17(3)28(14-18-10-11-19(25)20(26)12-18)23(30)15-29(35(5,32)33)21-8-6-7-9-22(21)34-4/h6-12,16-17H,13-15H2,1-5H3,(H,27,31)/t17-/m0/s1. The molecule has 8 nitrogen and oxygen atoms in total. The zero-order chi connectivity index (χ0) is 26.3. The maximum absolute atomic E-state index is 13.6. The molecule has 0 aromatic heterocycles. The molecule has 0 spiro atoms. The smallest absolute Gasteiger partial charge is 0.244 e. The monoisotopic (exact) mass is 543 g/mol. The van der Waals surface area contributed by atoms with E-state index in [1.807, 2.05) is 13.8 Å². The Balaban J connectivity index is 2.43. The maximum atomic E-state index is 13.6. The lowest BCUT2D eigenvalue weighted by atomic mass is 10.1. The van der Waals surface area contributed by atoms with E-state index in [0.717, 1.165) is 10.6 Å². The number of benzene rings is 2. The summed E-state index contributed by atoms with van der Waals surface area (Å²) in [5, 5.41) is 3.49. The van der Waals surface area contributed by atoms with Crippen molar-refractivity contribution >= 4 is 50.7 Å². The van der Waals surface area contributed by atoms with Crippen molar-refractivity contribution in [1.29, 1.82) is 0 Å². The first-order valence-electron chi connectivity index (χ1n) is 11.0. The molecule has 2 aromatic rings. The lowest BCUT2D eigenvalue weighted by Gasteiger charge is -2.32. The molecule has 0 aliphatic heterocycles. The van der Waals surface area contributed by atoms with Crippen LogP contribution in [0.25, 0.3) is 0 Å². The van der Waals surface area contributed by atoms with Gasteiger partial charge >= 0.3 is 0 Å². The van der Waals surface area contributed by atoms with Gasteiger partial charge in [0, 0.05) is 13.1 Å². The lowest BCUT2D eigenvalue weighted by molar-refractivity contribution is -0.139. The molecule has 0 aliphatic rings. The minimum atomic E-state index is -3.87. The molecular formula is C24H31Cl2N3O5S. The van der Waals surface area contributed by atoms with E-state index in [0.29, 0.717) is 27.9 Å². The van der Waals surface area contributed by atoms with Crippen molar-refractivity contribution < 1.29 is 22.7 Å². The first kappa shape index (κ1) is 28.7. The molecule has 1 atom stereocenters. The number of carbonyl (C=O) groups is 2. The molecule has 35 heavy (non-hydrogen) atoms. The number of carbonyl (C=O) groups excluding carboxylic acids is 2. The fraction of sp³-hybridized carbons (Fsp3) is 0.417. The van der Waals surface area contributed by atoms with Crippen LogP contribution in [0.5, 0.6) is 5.75 Å². The lowest BCUT2D eigenvalue weighted by Crippen LogP contribution is -2.51. The summed E-state index contributed by atoms with van der Waals surface area (Å²) >= 11 is 12.2. The minimum Gasteiger partial charge on any atom is -0.495 e. The third-order valence-corrected chi connectivity index (χ3v) is 7.09. The summed E-state index contributed by atoms with van der Waals surface area (Å²) in [4.78, 5) is 27.7. The van der Waals surface area contributed by atoms with E-state index in [2.05, 4.69) is 5.32 Å². The average Bonchev–Trinajstić information content (AvgIpc) is 2.80. The van der Waals surface area contributed by atoms with Crippen molar-refractivity contribution in [2.75, 3.05) is 30.8 Å². The van der Waals surface area contributed by atoms with Crippen LogP contribution in [-0.2, 0) is 26.2 Å². The minimum absolute atomic E-state index is 0.0233. The number of ether oxygens (including phenoxy) is 1. The Morgan fingerprint density at radius 2 is 1.71 bits per heavy atom. The Morgan fingerprint density at radius 3 is 2.29 bits per heavy atom. The Hall–Kier alpha value is -2.49. The zero-order valence-corrected chi connectivity index (χ0v) is 22.7. The van der Waals surface area contributed by atoms with Gasteiger partial charge < -0.3 is 15.0 Å². The highest BCUT2D eigenvalue weighted by molar-refractivity contribution is 7.92. The molecule has 0 saturated heterocycles. The molecular weight excluding hydrogens is 513 g/mol. The fourth-order valence-corrected chi connectivity index (χ4v) is 4.47. The van der Waals surface area contributed by atoms with E-state index in [4.69, 9.17) is 27.9 Å². The van der Waals surface area contributed by atoms with Gasteiger partial charge in [0.05, 0.1) is 29.1 Å². The Morgan fingerprint density at radius 1 is 1.06 bits per heavy atom. The van der Waals surface area contributed by atoms with Crippen molar-refractivity contribution in [3.8, 4) is 5.75 Å². The summed E-state index contributed by atoms with van der Waals surface area (Å²) in [6.45, 7) is 5.45. The van der Waals surface area contributed by atoms with Crippen LogP contribution in [0.4, 0.5) is 5.69 Å². The maximum Gasteiger partial charge on any atom is 0.244 e. The SMILES string of the molecule is COc1ccccc1N(CC(=O)N(Cc1ccc(Cl)c(Cl)c1)[C@@H](C)C(=O)NCC(C)C)S(C)(=O)=O. The molecule has 2 aromatic carbocycles. The second-order valence-corrected chi connectivity index (χ2v) is 11.2. The molecule has 0 unspecified atom stereocenters. The highest BCUT2D eigenvalue weighted by Crippen LogP contribution is 2.30. The summed E-state index contributed by atoms with van der Waals surface area (Å²) in [5.74, 6) is -0.406. The number of sulfonamides is 1. The highest BCUT2D eigenvalue weighted by Gasteiger charge is 2.31. The molecule has 0 heterocycles. The topological polar surface area (TPSA) is 96.0 Å². The molecule has 0 aliphatic carbocycles. The van der Waals surface area contributed by atoms with E-state index in [1.165, 1.54) is 12.0 Å². The average molecular weight is 545 g/mol.